The summed E-state index contributed by atoms with van der Waals surface area (Å²) < 4.78 is 14.7. The molecule has 10 heteroatoms. The van der Waals surface area contributed by atoms with Crippen molar-refractivity contribution in [3.8, 4) is 17.1 Å². The summed E-state index contributed by atoms with van der Waals surface area (Å²) in [5.41, 5.74) is 16.2. The van der Waals surface area contributed by atoms with E-state index < -0.39 is 12.1 Å². The Kier molecular flexibility index (Phi) is 6.45. The fourth-order valence-electron chi connectivity index (χ4n) is 3.93. The normalized spacial score (nSPS) is 16.6. The minimum Gasteiger partial charge on any atom is -0.381 e. The lowest BCUT2D eigenvalue weighted by molar-refractivity contribution is 0.100. The molecule has 0 saturated carbocycles. The summed E-state index contributed by atoms with van der Waals surface area (Å²) in [5, 5.41) is 4.12. The number of likely N-dealkylation sites (tertiary alicyclic amines) is 1. The third-order valence-electron chi connectivity index (χ3n) is 5.74. The van der Waals surface area contributed by atoms with Gasteiger partial charge in [-0.05, 0) is 49.1 Å². The van der Waals surface area contributed by atoms with Gasteiger partial charge in [0, 0.05) is 37.6 Å². The second kappa shape index (κ2) is 9.45. The number of nitrogens with zero attached hydrogens (tertiary/aromatic N) is 6. The van der Waals surface area contributed by atoms with Crippen LogP contribution < -0.4 is 11.5 Å². The first-order valence-corrected chi connectivity index (χ1v) is 10.8. The fraction of sp³-hybridized carbons (Fsp3) is 0.348. The summed E-state index contributed by atoms with van der Waals surface area (Å²) in [7, 11) is 0. The summed E-state index contributed by atoms with van der Waals surface area (Å²) >= 11 is 0. The van der Waals surface area contributed by atoms with Crippen LogP contribution in [-0.2, 0) is 0 Å². The van der Waals surface area contributed by atoms with Crippen molar-refractivity contribution in [3.05, 3.63) is 53.0 Å². The molecule has 4 rings (SSSR count). The molecular formula is C23H27FN8O. The SMILES string of the molecule is Cc1cc(-c2cnc(N)c(-n3cc(C(N)=O)cn3)n2)cc(C)c1C=NCCN1CC[C@@H](F)C1. The Bertz CT molecular complexity index is 1180. The van der Waals surface area contributed by atoms with Gasteiger partial charge in [-0.3, -0.25) is 14.7 Å². The molecule has 1 aliphatic heterocycles. The Morgan fingerprint density at radius 2 is 2.06 bits per heavy atom. The number of nitrogen functional groups attached to an aromatic ring is 1. The predicted molar refractivity (Wildman–Crippen MR) is 125 cm³/mol. The Labute approximate surface area is 191 Å². The minimum absolute atomic E-state index is 0.187. The van der Waals surface area contributed by atoms with Crippen molar-refractivity contribution in [2.75, 3.05) is 31.9 Å². The number of aliphatic imine (C=N–C) groups is 1. The number of rotatable bonds is 7. The lowest BCUT2D eigenvalue weighted by Crippen LogP contribution is -2.24. The average Bonchev–Trinajstić information content (AvgIpc) is 3.42. The van der Waals surface area contributed by atoms with Crippen LogP contribution >= 0.6 is 0 Å². The Hall–Kier alpha value is -3.66. The van der Waals surface area contributed by atoms with E-state index in [1.54, 1.807) is 6.20 Å². The molecule has 1 saturated heterocycles. The first kappa shape index (κ1) is 22.5. The number of halogens is 1. The van der Waals surface area contributed by atoms with Crippen molar-refractivity contribution in [1.82, 2.24) is 24.6 Å². The number of hydrogen-bond acceptors (Lipinski definition) is 7. The van der Waals surface area contributed by atoms with Gasteiger partial charge in [0.25, 0.3) is 5.91 Å². The van der Waals surface area contributed by atoms with Crippen LogP contribution in [0, 0.1) is 13.8 Å². The van der Waals surface area contributed by atoms with E-state index in [2.05, 4.69) is 25.0 Å². The largest absolute Gasteiger partial charge is 0.381 e. The minimum atomic E-state index is -0.707. The lowest BCUT2D eigenvalue weighted by atomic mass is 9.98. The standard InChI is InChI=1S/C23H27FN8O/c1-14-7-16(8-15(2)19(14)10-27-4-6-31-5-3-18(24)13-31)20-11-28-21(25)23(30-20)32-12-17(9-29-32)22(26)33/h7-12,18H,3-6,13H2,1-2H3,(H2,25,28)(H2,26,33)/t18-/m1/s1. The molecule has 1 fully saturated rings. The molecule has 1 amide bonds. The molecule has 4 N–H and O–H groups in total. The highest BCUT2D eigenvalue weighted by molar-refractivity contribution is 5.92. The first-order valence-electron chi connectivity index (χ1n) is 10.8. The topological polar surface area (TPSA) is 128 Å². The number of nitrogens with two attached hydrogens (primary N) is 2. The van der Waals surface area contributed by atoms with Gasteiger partial charge in [-0.2, -0.15) is 5.10 Å². The van der Waals surface area contributed by atoms with Gasteiger partial charge < -0.3 is 11.5 Å². The van der Waals surface area contributed by atoms with Gasteiger partial charge >= 0.3 is 0 Å². The maximum atomic E-state index is 13.3. The van der Waals surface area contributed by atoms with Gasteiger partial charge in [-0.1, -0.05) is 0 Å². The third kappa shape index (κ3) is 5.06. The summed E-state index contributed by atoms with van der Waals surface area (Å²) in [6.07, 6.45) is 6.23. The van der Waals surface area contributed by atoms with Gasteiger partial charge in [0.15, 0.2) is 11.6 Å². The average molecular weight is 451 g/mol. The van der Waals surface area contributed by atoms with E-state index >= 15 is 0 Å². The number of carbonyl (C=O) groups excluding carboxylic acids is 1. The monoisotopic (exact) mass is 450 g/mol. The van der Waals surface area contributed by atoms with Crippen LogP contribution in [-0.4, -0.2) is 69.1 Å². The van der Waals surface area contributed by atoms with Crippen molar-refractivity contribution in [1.29, 1.82) is 0 Å². The van der Waals surface area contributed by atoms with E-state index in [1.807, 2.05) is 32.2 Å². The molecule has 0 bridgehead atoms. The molecular weight excluding hydrogens is 423 g/mol. The van der Waals surface area contributed by atoms with E-state index in [0.717, 1.165) is 35.3 Å². The zero-order valence-corrected chi connectivity index (χ0v) is 18.7. The van der Waals surface area contributed by atoms with Crippen LogP contribution in [0.3, 0.4) is 0 Å². The predicted octanol–water partition coefficient (Wildman–Crippen LogP) is 2.09. The third-order valence-corrected chi connectivity index (χ3v) is 5.74. The number of hydrogen-bond donors (Lipinski definition) is 2. The highest BCUT2D eigenvalue weighted by atomic mass is 19.1. The van der Waals surface area contributed by atoms with Crippen molar-refractivity contribution >= 4 is 17.9 Å². The van der Waals surface area contributed by atoms with Crippen LogP contribution in [0.15, 0.2) is 35.7 Å². The van der Waals surface area contributed by atoms with Crippen LogP contribution in [0.25, 0.3) is 17.1 Å². The van der Waals surface area contributed by atoms with Crippen molar-refractivity contribution in [2.45, 2.75) is 26.4 Å². The van der Waals surface area contributed by atoms with Gasteiger partial charge in [0.05, 0.1) is 30.2 Å². The molecule has 172 valence electrons. The molecule has 3 aromatic rings. The Morgan fingerprint density at radius 3 is 2.70 bits per heavy atom. The van der Waals surface area contributed by atoms with Crippen LogP contribution in [0.2, 0.25) is 0 Å². The molecule has 0 aliphatic carbocycles. The van der Waals surface area contributed by atoms with Crippen LogP contribution in [0.1, 0.15) is 33.5 Å². The number of amides is 1. The van der Waals surface area contributed by atoms with Crippen molar-refractivity contribution in [3.63, 3.8) is 0 Å². The van der Waals surface area contributed by atoms with Gasteiger partial charge in [-0.25, -0.2) is 19.0 Å². The maximum Gasteiger partial charge on any atom is 0.251 e. The number of carbonyl (C=O) groups is 1. The maximum absolute atomic E-state index is 13.3. The number of alkyl halides is 1. The van der Waals surface area contributed by atoms with E-state index in [0.29, 0.717) is 31.0 Å². The number of primary amides is 1. The summed E-state index contributed by atoms with van der Waals surface area (Å²) in [4.78, 5) is 26.9. The number of anilines is 1. The summed E-state index contributed by atoms with van der Waals surface area (Å²) in [5.74, 6) is -0.0787. The molecule has 0 spiro atoms. The summed E-state index contributed by atoms with van der Waals surface area (Å²) in [6.45, 7) is 6.75. The Morgan fingerprint density at radius 1 is 1.30 bits per heavy atom. The van der Waals surface area contributed by atoms with Crippen molar-refractivity contribution in [2.24, 2.45) is 10.7 Å². The first-order chi connectivity index (χ1) is 15.8. The van der Waals surface area contributed by atoms with E-state index in [9.17, 15) is 9.18 Å². The number of aryl methyl sites for hydroxylation is 2. The number of aromatic nitrogens is 4. The highest BCUT2D eigenvalue weighted by Gasteiger charge is 2.20. The van der Waals surface area contributed by atoms with E-state index in [1.165, 1.54) is 17.1 Å². The highest BCUT2D eigenvalue weighted by Crippen LogP contribution is 2.25. The van der Waals surface area contributed by atoms with Crippen LogP contribution in [0.5, 0.6) is 0 Å². The van der Waals surface area contributed by atoms with E-state index in [4.69, 9.17) is 11.5 Å². The smallest absolute Gasteiger partial charge is 0.251 e. The van der Waals surface area contributed by atoms with Crippen molar-refractivity contribution < 1.29 is 9.18 Å². The lowest BCUT2D eigenvalue weighted by Gasteiger charge is -2.13. The van der Waals surface area contributed by atoms with Gasteiger partial charge in [0.2, 0.25) is 0 Å². The molecule has 0 unspecified atom stereocenters. The molecule has 33 heavy (non-hydrogen) atoms. The molecule has 3 heterocycles. The van der Waals surface area contributed by atoms with Crippen LogP contribution in [0.4, 0.5) is 10.2 Å². The molecule has 1 aromatic carbocycles. The second-order valence-corrected chi connectivity index (χ2v) is 8.25. The van der Waals surface area contributed by atoms with E-state index in [-0.39, 0.29) is 11.4 Å². The van der Waals surface area contributed by atoms with Gasteiger partial charge in [-0.15, -0.1) is 0 Å². The number of benzene rings is 1. The molecule has 1 aliphatic rings. The van der Waals surface area contributed by atoms with Gasteiger partial charge in [0.1, 0.15) is 6.17 Å². The Balaban J connectivity index is 1.53. The summed E-state index contributed by atoms with van der Waals surface area (Å²) in [6, 6.07) is 4.04. The fourth-order valence-corrected chi connectivity index (χ4v) is 3.93. The zero-order chi connectivity index (χ0) is 23.5. The zero-order valence-electron chi connectivity index (χ0n) is 18.7. The second-order valence-electron chi connectivity index (χ2n) is 8.25. The quantitative estimate of drug-likeness (QED) is 0.531. The molecule has 1 atom stereocenters. The molecule has 9 nitrogen and oxygen atoms in total. The molecule has 2 aromatic heterocycles. The molecule has 0 radical (unpaired) electrons.